The van der Waals surface area contributed by atoms with E-state index in [9.17, 15) is 9.59 Å². The molecule has 6 nitrogen and oxygen atoms in total. The van der Waals surface area contributed by atoms with Gasteiger partial charge in [0, 0.05) is 0 Å². The van der Waals surface area contributed by atoms with Crippen molar-refractivity contribution in [3.63, 3.8) is 0 Å². The number of amides is 4. The standard InChI is InChI=1S/C2H4N4O2.K.H/c3-1(7)5-6-2(4)8;;/h(H2,3,7)(H2,4,8);;. The summed E-state index contributed by atoms with van der Waals surface area (Å²) in [6, 6.07) is -2.08. The maximum absolute atomic E-state index is 9.66. The van der Waals surface area contributed by atoms with Crippen LogP contribution in [0.3, 0.4) is 0 Å². The van der Waals surface area contributed by atoms with Gasteiger partial charge in [0.25, 0.3) is 0 Å². The Labute approximate surface area is 93.5 Å². The molecule has 0 atom stereocenters. The molecule has 46 valence electrons. The van der Waals surface area contributed by atoms with Gasteiger partial charge in [-0.2, -0.15) is 0 Å². The zero-order valence-corrected chi connectivity index (χ0v) is 3.87. The summed E-state index contributed by atoms with van der Waals surface area (Å²) in [7, 11) is 0. The zero-order chi connectivity index (χ0) is 6.57. The predicted octanol–water partition coefficient (Wildman–Crippen LogP) is -1.05. The molecule has 4 N–H and O–H groups in total. The van der Waals surface area contributed by atoms with E-state index in [1.165, 1.54) is 0 Å². The van der Waals surface area contributed by atoms with E-state index in [1.807, 2.05) is 0 Å². The Morgan fingerprint density at radius 1 is 1.00 bits per heavy atom. The summed E-state index contributed by atoms with van der Waals surface area (Å²) in [6.07, 6.45) is 0. The third-order valence-corrected chi connectivity index (χ3v) is 0.247. The number of nitrogens with two attached hydrogens (primary N) is 2. The van der Waals surface area contributed by atoms with Crippen LogP contribution in [-0.4, -0.2) is 63.4 Å². The number of primary amides is 2. The Kier molecular flexibility index (Phi) is 8.34. The van der Waals surface area contributed by atoms with Crippen molar-refractivity contribution in [3.05, 3.63) is 0 Å². The van der Waals surface area contributed by atoms with Crippen LogP contribution in [0.15, 0.2) is 10.2 Å². The first-order valence-corrected chi connectivity index (χ1v) is 1.63. The molecule has 0 aromatic carbocycles. The number of rotatable bonds is 0. The number of carbonyl (C=O) groups is 2. The third-order valence-electron chi connectivity index (χ3n) is 0.247. The normalized spacial score (nSPS) is 8.44. The second-order valence-electron chi connectivity index (χ2n) is 0.876. The van der Waals surface area contributed by atoms with Gasteiger partial charge < -0.3 is 11.5 Å². The van der Waals surface area contributed by atoms with Gasteiger partial charge in [0.15, 0.2) is 0 Å². The second kappa shape index (κ2) is 6.30. The van der Waals surface area contributed by atoms with Gasteiger partial charge in [-0.1, -0.05) is 10.2 Å². The summed E-state index contributed by atoms with van der Waals surface area (Å²) in [6.45, 7) is 0. The number of azo groups is 1. The van der Waals surface area contributed by atoms with E-state index in [0.29, 0.717) is 0 Å². The van der Waals surface area contributed by atoms with Gasteiger partial charge in [0.1, 0.15) is 0 Å². The Bertz CT molecular complexity index is 128. The predicted molar refractivity (Wildman–Crippen MR) is 31.2 cm³/mol. The fraction of sp³-hybridized carbons (Fsp3) is 0. The molecule has 9 heavy (non-hydrogen) atoms. The SMILES string of the molecule is NC(=O)N=NC(N)=O.[KH]. The van der Waals surface area contributed by atoms with Gasteiger partial charge in [0.05, 0.1) is 0 Å². The van der Waals surface area contributed by atoms with E-state index in [2.05, 4.69) is 21.7 Å². The summed E-state index contributed by atoms with van der Waals surface area (Å²) in [5.74, 6) is 0. The quantitative estimate of drug-likeness (QED) is 0.344. The van der Waals surface area contributed by atoms with Gasteiger partial charge in [-0.25, -0.2) is 9.59 Å². The second-order valence-corrected chi connectivity index (χ2v) is 0.876. The number of hydrogen-bond acceptors (Lipinski definition) is 2. The third kappa shape index (κ3) is 11.6. The Hall–Kier alpha value is 0.176. The van der Waals surface area contributed by atoms with E-state index in [-0.39, 0.29) is 51.4 Å². The fourth-order valence-electron chi connectivity index (χ4n) is 0.0986. The van der Waals surface area contributed by atoms with E-state index in [4.69, 9.17) is 0 Å². The van der Waals surface area contributed by atoms with Crippen molar-refractivity contribution in [2.45, 2.75) is 0 Å². The minimum absolute atomic E-state index is 0. The van der Waals surface area contributed by atoms with Crippen LogP contribution in [0, 0.1) is 0 Å². The topological polar surface area (TPSA) is 111 Å². The minimum atomic E-state index is -1.04. The van der Waals surface area contributed by atoms with Crippen LogP contribution in [0.25, 0.3) is 0 Å². The zero-order valence-electron chi connectivity index (χ0n) is 3.87. The first-order valence-electron chi connectivity index (χ1n) is 1.63. The van der Waals surface area contributed by atoms with Crippen LogP contribution in [0.2, 0.25) is 0 Å². The molecule has 0 aliphatic heterocycles. The van der Waals surface area contributed by atoms with E-state index >= 15 is 0 Å². The van der Waals surface area contributed by atoms with Crippen LogP contribution in [0.4, 0.5) is 9.59 Å². The Balaban J connectivity index is 0. The molecule has 0 aliphatic carbocycles. The van der Waals surface area contributed by atoms with Gasteiger partial charge in [0.2, 0.25) is 0 Å². The number of nitrogens with zero attached hydrogens (tertiary/aromatic N) is 2. The van der Waals surface area contributed by atoms with Crippen LogP contribution in [-0.2, 0) is 0 Å². The Morgan fingerprint density at radius 2 is 1.22 bits per heavy atom. The average Bonchev–Trinajstić information content (AvgIpc) is 1.61. The van der Waals surface area contributed by atoms with Gasteiger partial charge in [-0.3, -0.25) is 0 Å². The molecule has 0 unspecified atom stereocenters. The number of hydrogen-bond donors (Lipinski definition) is 2. The molecule has 0 radical (unpaired) electrons. The Morgan fingerprint density at radius 3 is 1.33 bits per heavy atom. The molecule has 0 spiro atoms. The van der Waals surface area contributed by atoms with Crippen molar-refractivity contribution in [1.29, 1.82) is 0 Å². The van der Waals surface area contributed by atoms with Crippen LogP contribution >= 0.6 is 0 Å². The number of carbonyl (C=O) groups excluding carboxylic acids is 2. The summed E-state index contributed by atoms with van der Waals surface area (Å²) in [5, 5.41) is 5.23. The summed E-state index contributed by atoms with van der Waals surface area (Å²) in [4.78, 5) is 19.3. The fourth-order valence-corrected chi connectivity index (χ4v) is 0.0986. The van der Waals surface area contributed by atoms with Gasteiger partial charge >= 0.3 is 63.4 Å². The molecular weight excluding hydrogens is 151 g/mol. The van der Waals surface area contributed by atoms with Crippen molar-refractivity contribution in [3.8, 4) is 0 Å². The number of urea groups is 2. The molecule has 0 heterocycles. The van der Waals surface area contributed by atoms with Crippen LogP contribution in [0.5, 0.6) is 0 Å². The average molecular weight is 156 g/mol. The summed E-state index contributed by atoms with van der Waals surface area (Å²) in [5.41, 5.74) is 8.87. The molecule has 0 saturated carbocycles. The van der Waals surface area contributed by atoms with Gasteiger partial charge in [-0.05, 0) is 0 Å². The molecule has 0 rings (SSSR count). The molecular formula is C2H5KN4O2. The van der Waals surface area contributed by atoms with Crippen molar-refractivity contribution in [2.75, 3.05) is 0 Å². The van der Waals surface area contributed by atoms with Crippen LogP contribution < -0.4 is 11.5 Å². The monoisotopic (exact) mass is 156 g/mol. The molecule has 4 amide bonds. The molecule has 0 aliphatic rings. The van der Waals surface area contributed by atoms with Gasteiger partial charge in [-0.15, -0.1) is 0 Å². The van der Waals surface area contributed by atoms with Crippen molar-refractivity contribution < 1.29 is 9.59 Å². The molecule has 0 saturated heterocycles. The molecule has 7 heteroatoms. The van der Waals surface area contributed by atoms with E-state index in [1.54, 1.807) is 0 Å². The van der Waals surface area contributed by atoms with Crippen molar-refractivity contribution in [1.82, 2.24) is 0 Å². The molecule has 0 bridgehead atoms. The maximum atomic E-state index is 9.66. The summed E-state index contributed by atoms with van der Waals surface area (Å²) < 4.78 is 0. The molecule has 0 fully saturated rings. The first-order chi connectivity index (χ1) is 3.63. The van der Waals surface area contributed by atoms with Crippen LogP contribution in [0.1, 0.15) is 0 Å². The molecule has 0 aromatic rings. The van der Waals surface area contributed by atoms with Crippen molar-refractivity contribution in [2.24, 2.45) is 21.7 Å². The first kappa shape index (κ1) is 11.9. The summed E-state index contributed by atoms with van der Waals surface area (Å²) >= 11 is 0. The van der Waals surface area contributed by atoms with E-state index in [0.717, 1.165) is 0 Å². The van der Waals surface area contributed by atoms with Crippen molar-refractivity contribution >= 4 is 63.4 Å². The molecule has 0 aromatic heterocycles. The van der Waals surface area contributed by atoms with E-state index < -0.39 is 12.1 Å².